The van der Waals surface area contributed by atoms with E-state index in [9.17, 15) is 9.18 Å². The zero-order chi connectivity index (χ0) is 11.5. The Morgan fingerprint density at radius 3 is 2.88 bits per heavy atom. The number of benzene rings is 1. The molecule has 0 saturated carbocycles. The number of aldehydes is 1. The maximum Gasteiger partial charge on any atom is 0.150 e. The molecule has 0 amide bonds. The predicted octanol–water partition coefficient (Wildman–Crippen LogP) is 2.79. The van der Waals surface area contributed by atoms with Crippen LogP contribution in [0.15, 0.2) is 29.8 Å². The van der Waals surface area contributed by atoms with Gasteiger partial charge in [-0.15, -0.1) is 0 Å². The third kappa shape index (κ3) is 2.30. The summed E-state index contributed by atoms with van der Waals surface area (Å²) in [6, 6.07) is 4.46. The molecule has 84 valence electrons. The van der Waals surface area contributed by atoms with Crippen molar-refractivity contribution in [1.29, 1.82) is 0 Å². The van der Waals surface area contributed by atoms with Crippen molar-refractivity contribution >= 4 is 12.0 Å². The molecule has 2 nitrogen and oxygen atoms in total. The summed E-state index contributed by atoms with van der Waals surface area (Å²) in [6.07, 6.45) is 3.84. The third-order valence-corrected chi connectivity index (χ3v) is 2.74. The largest absolute Gasteiger partial charge is 0.367 e. The van der Waals surface area contributed by atoms with Gasteiger partial charge < -0.3 is 4.90 Å². The van der Waals surface area contributed by atoms with Gasteiger partial charge in [0, 0.05) is 24.3 Å². The lowest BCUT2D eigenvalue weighted by atomic mass is 10.1. The van der Waals surface area contributed by atoms with Crippen molar-refractivity contribution in [2.45, 2.75) is 13.3 Å². The van der Waals surface area contributed by atoms with Gasteiger partial charge in [0.05, 0.1) is 0 Å². The second kappa shape index (κ2) is 4.47. The first-order chi connectivity index (χ1) is 7.69. The summed E-state index contributed by atoms with van der Waals surface area (Å²) in [7, 11) is 0. The van der Waals surface area contributed by atoms with Gasteiger partial charge in [-0.2, -0.15) is 0 Å². The highest BCUT2D eigenvalue weighted by Gasteiger charge is 2.12. The van der Waals surface area contributed by atoms with Crippen LogP contribution in [0.4, 0.5) is 10.1 Å². The van der Waals surface area contributed by atoms with Crippen molar-refractivity contribution in [3.63, 3.8) is 0 Å². The van der Waals surface area contributed by atoms with Crippen LogP contribution in [0.25, 0.3) is 0 Å². The lowest BCUT2D eigenvalue weighted by Crippen LogP contribution is -2.29. The number of halogens is 1. The second-order valence-corrected chi connectivity index (χ2v) is 4.12. The first-order valence-electron chi connectivity index (χ1n) is 5.35. The van der Waals surface area contributed by atoms with Crippen LogP contribution in [0, 0.1) is 5.82 Å². The van der Waals surface area contributed by atoms with E-state index >= 15 is 0 Å². The molecule has 1 heterocycles. The fourth-order valence-corrected chi connectivity index (χ4v) is 1.98. The molecular weight excluding hydrogens is 205 g/mol. The van der Waals surface area contributed by atoms with Crippen LogP contribution in [0.2, 0.25) is 0 Å². The van der Waals surface area contributed by atoms with Gasteiger partial charge in [0.25, 0.3) is 0 Å². The average molecular weight is 219 g/mol. The highest BCUT2D eigenvalue weighted by atomic mass is 19.1. The number of anilines is 1. The van der Waals surface area contributed by atoms with E-state index in [0.717, 1.165) is 25.2 Å². The molecule has 1 aromatic carbocycles. The van der Waals surface area contributed by atoms with Gasteiger partial charge >= 0.3 is 0 Å². The van der Waals surface area contributed by atoms with Crippen molar-refractivity contribution in [1.82, 2.24) is 0 Å². The van der Waals surface area contributed by atoms with Gasteiger partial charge in [0.2, 0.25) is 0 Å². The molecule has 0 aliphatic carbocycles. The van der Waals surface area contributed by atoms with Crippen LogP contribution < -0.4 is 4.90 Å². The van der Waals surface area contributed by atoms with E-state index in [0.29, 0.717) is 11.8 Å². The molecule has 1 aromatic rings. The lowest BCUT2D eigenvalue weighted by Gasteiger charge is -2.28. The molecule has 0 aromatic heterocycles. The molecule has 0 atom stereocenters. The first-order valence-corrected chi connectivity index (χ1v) is 5.35. The maximum atomic E-state index is 13.3. The summed E-state index contributed by atoms with van der Waals surface area (Å²) >= 11 is 0. The molecule has 0 fully saturated rings. The summed E-state index contributed by atoms with van der Waals surface area (Å²) in [5.41, 5.74) is 2.46. The molecule has 16 heavy (non-hydrogen) atoms. The second-order valence-electron chi connectivity index (χ2n) is 4.12. The molecule has 1 aliphatic rings. The summed E-state index contributed by atoms with van der Waals surface area (Å²) in [4.78, 5) is 12.8. The third-order valence-electron chi connectivity index (χ3n) is 2.74. The molecule has 3 heteroatoms. The molecule has 1 aliphatic heterocycles. The number of carbonyl (C=O) groups excluding carboxylic acids is 1. The van der Waals surface area contributed by atoms with Crippen molar-refractivity contribution in [3.05, 3.63) is 41.2 Å². The van der Waals surface area contributed by atoms with Crippen LogP contribution in [0.3, 0.4) is 0 Å². The average Bonchev–Trinajstić information content (AvgIpc) is 2.28. The quantitative estimate of drug-likeness (QED) is 0.563. The Bertz CT molecular complexity index is 440. The van der Waals surface area contributed by atoms with E-state index < -0.39 is 0 Å². The highest BCUT2D eigenvalue weighted by molar-refractivity contribution is 5.77. The predicted molar refractivity (Wildman–Crippen MR) is 62.4 cm³/mol. The van der Waals surface area contributed by atoms with Gasteiger partial charge in [0.1, 0.15) is 12.1 Å². The van der Waals surface area contributed by atoms with Crippen molar-refractivity contribution in [2.24, 2.45) is 0 Å². The fourth-order valence-electron chi connectivity index (χ4n) is 1.98. The standard InChI is InChI=1S/C13H14FNO/c1-10-3-2-4-15(8-10)13-6-11(9-16)5-12(14)7-13/h3,5-7,9H,2,4,8H2,1H3. The van der Waals surface area contributed by atoms with Crippen LogP contribution in [0.5, 0.6) is 0 Å². The Labute approximate surface area is 94.4 Å². The molecule has 0 N–H and O–H groups in total. The Morgan fingerprint density at radius 1 is 1.38 bits per heavy atom. The van der Waals surface area contributed by atoms with Gasteiger partial charge in [-0.3, -0.25) is 4.79 Å². The Kier molecular flexibility index (Phi) is 3.04. The zero-order valence-corrected chi connectivity index (χ0v) is 9.24. The summed E-state index contributed by atoms with van der Waals surface area (Å²) in [6.45, 7) is 3.74. The van der Waals surface area contributed by atoms with Crippen molar-refractivity contribution in [3.8, 4) is 0 Å². The van der Waals surface area contributed by atoms with E-state index in [1.54, 1.807) is 6.07 Å². The van der Waals surface area contributed by atoms with Crippen LogP contribution in [-0.4, -0.2) is 19.4 Å². The smallest absolute Gasteiger partial charge is 0.150 e. The van der Waals surface area contributed by atoms with Gasteiger partial charge in [-0.05, 0) is 31.5 Å². The Morgan fingerprint density at radius 2 is 2.19 bits per heavy atom. The number of hydrogen-bond donors (Lipinski definition) is 0. The normalized spacial score (nSPS) is 15.9. The van der Waals surface area contributed by atoms with E-state index in [4.69, 9.17) is 0 Å². The summed E-state index contributed by atoms with van der Waals surface area (Å²) in [5.74, 6) is -0.355. The SMILES string of the molecule is CC1=CCCN(c2cc(F)cc(C=O)c2)C1. The number of carbonyl (C=O) groups is 1. The first kappa shape index (κ1) is 10.9. The summed E-state index contributed by atoms with van der Waals surface area (Å²) < 4.78 is 13.3. The van der Waals surface area contributed by atoms with Crippen LogP contribution in [0.1, 0.15) is 23.7 Å². The number of nitrogens with zero attached hydrogens (tertiary/aromatic N) is 1. The molecule has 0 spiro atoms. The van der Waals surface area contributed by atoms with Gasteiger partial charge in [-0.25, -0.2) is 4.39 Å². The minimum atomic E-state index is -0.355. The number of rotatable bonds is 2. The molecular formula is C13H14FNO. The van der Waals surface area contributed by atoms with Crippen LogP contribution >= 0.6 is 0 Å². The summed E-state index contributed by atoms with van der Waals surface area (Å²) in [5, 5.41) is 0. The minimum absolute atomic E-state index is 0.355. The molecule has 2 rings (SSSR count). The van der Waals surface area contributed by atoms with Crippen molar-refractivity contribution in [2.75, 3.05) is 18.0 Å². The molecule has 0 unspecified atom stereocenters. The van der Waals surface area contributed by atoms with E-state index in [1.807, 2.05) is 0 Å². The Hall–Kier alpha value is -1.64. The van der Waals surface area contributed by atoms with E-state index in [1.165, 1.54) is 17.7 Å². The number of hydrogen-bond acceptors (Lipinski definition) is 2. The fraction of sp³-hybridized carbons (Fsp3) is 0.308. The van der Waals surface area contributed by atoms with Gasteiger partial charge in [-0.1, -0.05) is 11.6 Å². The highest BCUT2D eigenvalue weighted by Crippen LogP contribution is 2.21. The monoisotopic (exact) mass is 219 g/mol. The molecule has 0 saturated heterocycles. The molecule has 0 bridgehead atoms. The molecule has 0 radical (unpaired) electrons. The van der Waals surface area contributed by atoms with E-state index in [2.05, 4.69) is 17.9 Å². The van der Waals surface area contributed by atoms with Gasteiger partial charge in [0.15, 0.2) is 0 Å². The topological polar surface area (TPSA) is 20.3 Å². The minimum Gasteiger partial charge on any atom is -0.367 e. The zero-order valence-electron chi connectivity index (χ0n) is 9.24. The maximum absolute atomic E-state index is 13.3. The lowest BCUT2D eigenvalue weighted by molar-refractivity contribution is 0.112. The Balaban J connectivity index is 2.29. The van der Waals surface area contributed by atoms with Crippen LogP contribution in [-0.2, 0) is 0 Å². The van der Waals surface area contributed by atoms with E-state index in [-0.39, 0.29) is 5.82 Å². The van der Waals surface area contributed by atoms with Crippen molar-refractivity contribution < 1.29 is 9.18 Å².